The zero-order chi connectivity index (χ0) is 22.1. The predicted molar refractivity (Wildman–Crippen MR) is 114 cm³/mol. The van der Waals surface area contributed by atoms with Crippen molar-refractivity contribution in [1.82, 2.24) is 10.6 Å². The van der Waals surface area contributed by atoms with E-state index >= 15 is 0 Å². The van der Waals surface area contributed by atoms with Gasteiger partial charge in [-0.3, -0.25) is 9.59 Å². The Labute approximate surface area is 178 Å². The highest BCUT2D eigenvalue weighted by atomic mass is 16.5. The third-order valence-electron chi connectivity index (χ3n) is 5.44. The molecule has 1 aromatic carbocycles. The van der Waals surface area contributed by atoms with E-state index in [4.69, 9.17) is 9.47 Å². The van der Waals surface area contributed by atoms with Gasteiger partial charge in [0.25, 0.3) is 11.8 Å². The van der Waals surface area contributed by atoms with Crippen LogP contribution in [0.1, 0.15) is 63.7 Å². The van der Waals surface area contributed by atoms with Crippen LogP contribution in [0.15, 0.2) is 24.3 Å². The fourth-order valence-electron chi connectivity index (χ4n) is 3.60. The molecule has 0 aliphatic heterocycles. The number of carbonyl (C=O) groups excluding carboxylic acids is 3. The molecule has 2 N–H and O–H groups in total. The van der Waals surface area contributed by atoms with Crippen LogP contribution in [0.3, 0.4) is 0 Å². The van der Waals surface area contributed by atoms with Gasteiger partial charge in [-0.05, 0) is 55.9 Å². The first-order chi connectivity index (χ1) is 14.3. The number of ether oxygens (including phenoxy) is 2. The van der Waals surface area contributed by atoms with Crippen molar-refractivity contribution in [3.8, 4) is 5.75 Å². The molecule has 7 heteroatoms. The van der Waals surface area contributed by atoms with Crippen molar-refractivity contribution in [3.63, 3.8) is 0 Å². The Morgan fingerprint density at radius 3 is 2.37 bits per heavy atom. The van der Waals surface area contributed by atoms with Crippen LogP contribution in [0.5, 0.6) is 5.75 Å². The molecule has 7 nitrogen and oxygen atoms in total. The zero-order valence-electron chi connectivity index (χ0n) is 18.4. The molecule has 0 bridgehead atoms. The van der Waals surface area contributed by atoms with E-state index in [9.17, 15) is 14.4 Å². The smallest absolute Gasteiger partial charge is 0.329 e. The molecule has 0 heterocycles. The Morgan fingerprint density at radius 1 is 1.10 bits per heavy atom. The third-order valence-corrected chi connectivity index (χ3v) is 5.44. The summed E-state index contributed by atoms with van der Waals surface area (Å²) in [7, 11) is 0. The lowest BCUT2D eigenvalue weighted by Gasteiger charge is -2.29. The van der Waals surface area contributed by atoms with Crippen LogP contribution in [0.2, 0.25) is 0 Å². The number of amides is 2. The maximum absolute atomic E-state index is 12.5. The van der Waals surface area contributed by atoms with E-state index in [1.54, 1.807) is 24.3 Å². The average molecular weight is 419 g/mol. The first-order valence-corrected chi connectivity index (χ1v) is 10.8. The molecule has 1 saturated carbocycles. The first-order valence-electron chi connectivity index (χ1n) is 10.8. The van der Waals surface area contributed by atoms with E-state index in [-0.39, 0.29) is 30.4 Å². The van der Waals surface area contributed by atoms with Gasteiger partial charge in [0.15, 0.2) is 6.61 Å². The van der Waals surface area contributed by atoms with Crippen molar-refractivity contribution in [3.05, 3.63) is 29.8 Å². The second-order valence-electron chi connectivity index (χ2n) is 8.20. The average Bonchev–Trinajstić information content (AvgIpc) is 2.72. The molecule has 3 atom stereocenters. The van der Waals surface area contributed by atoms with Crippen LogP contribution in [0.4, 0.5) is 0 Å². The van der Waals surface area contributed by atoms with Gasteiger partial charge in [0.2, 0.25) is 0 Å². The van der Waals surface area contributed by atoms with Crippen molar-refractivity contribution in [2.45, 2.75) is 65.5 Å². The number of benzene rings is 1. The van der Waals surface area contributed by atoms with Gasteiger partial charge in [-0.2, -0.15) is 0 Å². The van der Waals surface area contributed by atoms with E-state index in [1.165, 1.54) is 6.42 Å². The van der Waals surface area contributed by atoms with E-state index in [0.29, 0.717) is 23.8 Å². The van der Waals surface area contributed by atoms with Gasteiger partial charge in [0.1, 0.15) is 11.8 Å². The first kappa shape index (κ1) is 23.7. The van der Waals surface area contributed by atoms with E-state index < -0.39 is 12.0 Å². The van der Waals surface area contributed by atoms with Crippen LogP contribution in [0.25, 0.3) is 0 Å². The minimum Gasteiger partial charge on any atom is -0.494 e. The Hall–Kier alpha value is -2.57. The van der Waals surface area contributed by atoms with Gasteiger partial charge >= 0.3 is 5.97 Å². The summed E-state index contributed by atoms with van der Waals surface area (Å²) in [5.74, 6) is -0.388. The largest absolute Gasteiger partial charge is 0.494 e. The highest BCUT2D eigenvalue weighted by Crippen LogP contribution is 2.23. The normalized spacial score (nSPS) is 19.6. The summed E-state index contributed by atoms with van der Waals surface area (Å²) in [5.41, 5.74) is 0.418. The van der Waals surface area contributed by atoms with Crippen molar-refractivity contribution in [2.75, 3.05) is 13.2 Å². The van der Waals surface area contributed by atoms with Crippen molar-refractivity contribution in [1.29, 1.82) is 0 Å². The molecule has 1 fully saturated rings. The van der Waals surface area contributed by atoms with Crippen molar-refractivity contribution < 1.29 is 23.9 Å². The standard InChI is InChI=1S/C23H34N2O5/c1-5-29-18-12-10-17(11-13-18)22(27)25-21(15(2)3)23(28)30-14-20(26)24-19-9-7-6-8-16(19)4/h10-13,15-16,19,21H,5-9,14H2,1-4H3,(H,24,26)(H,25,27)/t16-,19-,21+/m1/s1. The van der Waals surface area contributed by atoms with Gasteiger partial charge in [-0.1, -0.05) is 33.6 Å². The Balaban J connectivity index is 1.87. The maximum atomic E-state index is 12.5. The topological polar surface area (TPSA) is 93.7 Å². The molecule has 0 radical (unpaired) electrons. The minimum absolute atomic E-state index is 0.130. The number of carbonyl (C=O) groups is 3. The van der Waals surface area contributed by atoms with Crippen molar-refractivity contribution >= 4 is 17.8 Å². The molecular weight excluding hydrogens is 384 g/mol. The number of rotatable bonds is 9. The second kappa shape index (κ2) is 11.6. The van der Waals surface area contributed by atoms with Crippen LogP contribution in [0, 0.1) is 11.8 Å². The van der Waals surface area contributed by atoms with E-state index in [1.807, 2.05) is 20.8 Å². The SMILES string of the molecule is CCOc1ccc(C(=O)N[C@H](C(=O)OCC(=O)N[C@@H]2CCCC[C@H]2C)C(C)C)cc1. The molecule has 1 aliphatic rings. The monoisotopic (exact) mass is 418 g/mol. The molecule has 1 aliphatic carbocycles. The van der Waals surface area contributed by atoms with Crippen LogP contribution in [-0.2, 0) is 14.3 Å². The minimum atomic E-state index is -0.842. The molecule has 2 amide bonds. The fraction of sp³-hybridized carbons (Fsp3) is 0.609. The Morgan fingerprint density at radius 2 is 1.77 bits per heavy atom. The molecule has 0 saturated heterocycles. The number of hydrogen-bond donors (Lipinski definition) is 2. The molecule has 1 aromatic rings. The summed E-state index contributed by atoms with van der Waals surface area (Å²) < 4.78 is 10.6. The molecule has 0 unspecified atom stereocenters. The lowest BCUT2D eigenvalue weighted by molar-refractivity contribution is -0.151. The quantitative estimate of drug-likeness (QED) is 0.601. The predicted octanol–water partition coefficient (Wildman–Crippen LogP) is 3.08. The lowest BCUT2D eigenvalue weighted by Crippen LogP contribution is -2.47. The maximum Gasteiger partial charge on any atom is 0.329 e. The third kappa shape index (κ3) is 7.04. The number of hydrogen-bond acceptors (Lipinski definition) is 5. The Bertz CT molecular complexity index is 717. The highest BCUT2D eigenvalue weighted by Gasteiger charge is 2.28. The fourth-order valence-corrected chi connectivity index (χ4v) is 3.60. The summed E-state index contributed by atoms with van der Waals surface area (Å²) in [6, 6.07) is 5.98. The molecule has 30 heavy (non-hydrogen) atoms. The highest BCUT2D eigenvalue weighted by molar-refractivity contribution is 5.97. The summed E-state index contributed by atoms with van der Waals surface area (Å²) >= 11 is 0. The summed E-state index contributed by atoms with van der Waals surface area (Å²) in [6.45, 7) is 7.84. The van der Waals surface area contributed by atoms with E-state index in [0.717, 1.165) is 19.3 Å². The van der Waals surface area contributed by atoms with E-state index in [2.05, 4.69) is 17.6 Å². The van der Waals surface area contributed by atoms with Gasteiger partial charge in [0.05, 0.1) is 6.61 Å². The summed E-state index contributed by atoms with van der Waals surface area (Å²) in [4.78, 5) is 37.2. The lowest BCUT2D eigenvalue weighted by atomic mass is 9.86. The van der Waals surface area contributed by atoms with Gasteiger partial charge in [-0.25, -0.2) is 4.79 Å². The molecule has 2 rings (SSSR count). The summed E-state index contributed by atoms with van der Waals surface area (Å²) in [5, 5.41) is 5.67. The number of esters is 1. The van der Waals surface area contributed by atoms with Gasteiger partial charge in [-0.15, -0.1) is 0 Å². The molecule has 166 valence electrons. The van der Waals surface area contributed by atoms with Gasteiger partial charge < -0.3 is 20.1 Å². The molecule has 0 aromatic heterocycles. The van der Waals surface area contributed by atoms with Crippen LogP contribution < -0.4 is 15.4 Å². The molecule has 0 spiro atoms. The van der Waals surface area contributed by atoms with Gasteiger partial charge in [0, 0.05) is 11.6 Å². The number of nitrogens with one attached hydrogen (secondary N) is 2. The van der Waals surface area contributed by atoms with Crippen LogP contribution in [-0.4, -0.2) is 43.1 Å². The summed E-state index contributed by atoms with van der Waals surface area (Å²) in [6.07, 6.45) is 4.33. The van der Waals surface area contributed by atoms with Crippen molar-refractivity contribution in [2.24, 2.45) is 11.8 Å². The molecular formula is C23H34N2O5. The van der Waals surface area contributed by atoms with Crippen LogP contribution >= 0.6 is 0 Å². The zero-order valence-corrected chi connectivity index (χ0v) is 18.4. The second-order valence-corrected chi connectivity index (χ2v) is 8.20. The Kier molecular flexibility index (Phi) is 9.15.